The van der Waals surface area contributed by atoms with Crippen molar-refractivity contribution < 1.29 is 19.4 Å². The number of amides is 1. The third-order valence-corrected chi connectivity index (χ3v) is 4.77. The molecule has 1 aliphatic rings. The van der Waals surface area contributed by atoms with Crippen molar-refractivity contribution in [3.63, 3.8) is 0 Å². The van der Waals surface area contributed by atoms with Gasteiger partial charge in [0.05, 0.1) is 5.92 Å². The van der Waals surface area contributed by atoms with Crippen LogP contribution in [0.3, 0.4) is 0 Å². The van der Waals surface area contributed by atoms with Gasteiger partial charge in [0, 0.05) is 6.04 Å². The molecule has 5 nitrogen and oxygen atoms in total. The first-order chi connectivity index (χ1) is 12.5. The summed E-state index contributed by atoms with van der Waals surface area (Å²) in [5.74, 6) is -0.734. The Morgan fingerprint density at radius 2 is 1.69 bits per heavy atom. The maximum atomic E-state index is 12.3. The predicted molar refractivity (Wildman–Crippen MR) is 98.9 cm³/mol. The quantitative estimate of drug-likeness (QED) is 0.833. The van der Waals surface area contributed by atoms with Gasteiger partial charge >= 0.3 is 5.97 Å². The van der Waals surface area contributed by atoms with E-state index in [9.17, 15) is 9.59 Å². The minimum atomic E-state index is -0.787. The average Bonchev–Trinajstić information content (AvgIpc) is 3.12. The molecule has 0 aromatic heterocycles. The van der Waals surface area contributed by atoms with Gasteiger partial charge in [0.25, 0.3) is 5.91 Å². The molecule has 26 heavy (non-hydrogen) atoms. The Morgan fingerprint density at radius 1 is 1.04 bits per heavy atom. The molecule has 0 spiro atoms. The summed E-state index contributed by atoms with van der Waals surface area (Å²) in [6.07, 6.45) is 1.15. The van der Waals surface area contributed by atoms with Crippen LogP contribution >= 0.6 is 0 Å². The number of benzene rings is 2. The molecule has 136 valence electrons. The summed E-state index contributed by atoms with van der Waals surface area (Å²) in [7, 11) is 0. The largest absolute Gasteiger partial charge is 0.481 e. The molecule has 1 aliphatic carbocycles. The summed E-state index contributed by atoms with van der Waals surface area (Å²) in [6.45, 7) is 1.70. The average molecular weight is 353 g/mol. The highest BCUT2D eigenvalue weighted by Crippen LogP contribution is 2.26. The van der Waals surface area contributed by atoms with E-state index in [1.165, 1.54) is 0 Å². The van der Waals surface area contributed by atoms with E-state index < -0.39 is 12.1 Å². The molecule has 5 heteroatoms. The van der Waals surface area contributed by atoms with Crippen molar-refractivity contribution in [1.29, 1.82) is 0 Å². The maximum Gasteiger partial charge on any atom is 0.306 e. The molecule has 0 saturated heterocycles. The number of carboxylic acids is 1. The second-order valence-corrected chi connectivity index (χ2v) is 6.70. The fourth-order valence-corrected chi connectivity index (χ4v) is 3.27. The molecule has 1 unspecified atom stereocenters. The van der Waals surface area contributed by atoms with Crippen molar-refractivity contribution >= 4 is 11.9 Å². The molecule has 1 saturated carbocycles. The Morgan fingerprint density at radius 3 is 2.31 bits per heavy atom. The van der Waals surface area contributed by atoms with Crippen LogP contribution in [0.2, 0.25) is 0 Å². The molecule has 1 amide bonds. The Bertz CT molecular complexity index is 757. The highest BCUT2D eigenvalue weighted by Gasteiger charge is 2.31. The molecule has 0 bridgehead atoms. The standard InChI is InChI=1S/C21H23NO4/c1-14(20(23)22-18-10-7-17(13-18)21(24)25)26-19-11-8-16(9-12-19)15-5-3-2-4-6-15/h2-6,8-9,11-12,14,17-18H,7,10,13H2,1H3,(H,22,23)(H,24,25)/t14?,17-,18+/m0/s1. The van der Waals surface area contributed by atoms with Crippen LogP contribution in [0.4, 0.5) is 0 Å². The van der Waals surface area contributed by atoms with E-state index in [0.717, 1.165) is 11.1 Å². The van der Waals surface area contributed by atoms with E-state index in [-0.39, 0.29) is 17.9 Å². The topological polar surface area (TPSA) is 75.6 Å². The van der Waals surface area contributed by atoms with Gasteiger partial charge in [-0.25, -0.2) is 0 Å². The van der Waals surface area contributed by atoms with Gasteiger partial charge in [-0.3, -0.25) is 9.59 Å². The molecule has 2 aromatic rings. The molecule has 3 rings (SSSR count). The van der Waals surface area contributed by atoms with E-state index in [1.807, 2.05) is 54.6 Å². The maximum absolute atomic E-state index is 12.3. The fourth-order valence-electron chi connectivity index (χ4n) is 3.27. The van der Waals surface area contributed by atoms with Gasteiger partial charge in [0.15, 0.2) is 6.10 Å². The summed E-state index contributed by atoms with van der Waals surface area (Å²) in [5.41, 5.74) is 2.21. The molecule has 2 aromatic carbocycles. The van der Waals surface area contributed by atoms with Crippen molar-refractivity contribution in [2.24, 2.45) is 5.92 Å². The summed E-state index contributed by atoms with van der Waals surface area (Å²) in [4.78, 5) is 23.3. The van der Waals surface area contributed by atoms with Gasteiger partial charge < -0.3 is 15.2 Å². The first kappa shape index (κ1) is 18.0. The van der Waals surface area contributed by atoms with Crippen LogP contribution in [0.1, 0.15) is 26.2 Å². The molecule has 0 aliphatic heterocycles. The van der Waals surface area contributed by atoms with Gasteiger partial charge in [-0.15, -0.1) is 0 Å². The molecule has 0 radical (unpaired) electrons. The summed E-state index contributed by atoms with van der Waals surface area (Å²) in [6, 6.07) is 17.6. The SMILES string of the molecule is CC(Oc1ccc(-c2ccccc2)cc1)C(=O)N[C@@H]1CC[C@H](C(=O)O)C1. The zero-order chi connectivity index (χ0) is 18.5. The van der Waals surface area contributed by atoms with Gasteiger partial charge in [0.1, 0.15) is 5.75 Å². The third kappa shape index (κ3) is 4.42. The fraction of sp³-hybridized carbons (Fsp3) is 0.333. The lowest BCUT2D eigenvalue weighted by molar-refractivity contribution is -0.141. The first-order valence-electron chi connectivity index (χ1n) is 8.88. The number of carboxylic acid groups (broad SMARTS) is 1. The molecular formula is C21H23NO4. The summed E-state index contributed by atoms with van der Waals surface area (Å²) in [5, 5.41) is 11.9. The smallest absolute Gasteiger partial charge is 0.306 e. The van der Waals surface area contributed by atoms with Crippen molar-refractivity contribution in [3.05, 3.63) is 54.6 Å². The number of aliphatic carboxylic acids is 1. The molecule has 3 atom stereocenters. The van der Waals surface area contributed by atoms with Gasteiger partial charge in [-0.2, -0.15) is 0 Å². The minimum Gasteiger partial charge on any atom is -0.481 e. The monoisotopic (exact) mass is 353 g/mol. The normalized spacial score (nSPS) is 20.3. The zero-order valence-corrected chi connectivity index (χ0v) is 14.7. The number of hydrogen-bond donors (Lipinski definition) is 2. The van der Waals surface area contributed by atoms with Gasteiger partial charge in [-0.1, -0.05) is 42.5 Å². The second-order valence-electron chi connectivity index (χ2n) is 6.70. The number of nitrogens with one attached hydrogen (secondary N) is 1. The third-order valence-electron chi connectivity index (χ3n) is 4.77. The van der Waals surface area contributed by atoms with Crippen LogP contribution < -0.4 is 10.1 Å². The highest BCUT2D eigenvalue weighted by molar-refractivity contribution is 5.81. The van der Waals surface area contributed by atoms with E-state index in [0.29, 0.717) is 25.0 Å². The van der Waals surface area contributed by atoms with Gasteiger partial charge in [-0.05, 0) is 49.4 Å². The Balaban J connectivity index is 1.53. The van der Waals surface area contributed by atoms with Crippen LogP contribution in [0, 0.1) is 5.92 Å². The zero-order valence-electron chi connectivity index (χ0n) is 14.7. The predicted octanol–water partition coefficient (Wildman–Crippen LogP) is 3.49. The van der Waals surface area contributed by atoms with Crippen LogP contribution in [-0.2, 0) is 9.59 Å². The lowest BCUT2D eigenvalue weighted by Gasteiger charge is -2.18. The highest BCUT2D eigenvalue weighted by atomic mass is 16.5. The van der Waals surface area contributed by atoms with Crippen LogP contribution in [0.15, 0.2) is 54.6 Å². The van der Waals surface area contributed by atoms with Crippen LogP contribution in [-0.4, -0.2) is 29.1 Å². The first-order valence-corrected chi connectivity index (χ1v) is 8.88. The van der Waals surface area contributed by atoms with Gasteiger partial charge in [0.2, 0.25) is 0 Å². The van der Waals surface area contributed by atoms with Crippen molar-refractivity contribution in [2.75, 3.05) is 0 Å². The van der Waals surface area contributed by atoms with Crippen molar-refractivity contribution in [1.82, 2.24) is 5.32 Å². The summed E-state index contributed by atoms with van der Waals surface area (Å²) < 4.78 is 5.72. The van der Waals surface area contributed by atoms with E-state index in [2.05, 4.69) is 5.32 Å². The molecule has 2 N–H and O–H groups in total. The molecule has 0 heterocycles. The molecule has 1 fully saturated rings. The minimum absolute atomic E-state index is 0.0879. The summed E-state index contributed by atoms with van der Waals surface area (Å²) >= 11 is 0. The Hall–Kier alpha value is -2.82. The van der Waals surface area contributed by atoms with E-state index in [4.69, 9.17) is 9.84 Å². The number of carbonyl (C=O) groups is 2. The number of ether oxygens (including phenoxy) is 1. The molecular weight excluding hydrogens is 330 g/mol. The van der Waals surface area contributed by atoms with E-state index >= 15 is 0 Å². The Kier molecular flexibility index (Phi) is 5.56. The lowest BCUT2D eigenvalue weighted by Crippen LogP contribution is -2.41. The van der Waals surface area contributed by atoms with Crippen LogP contribution in [0.25, 0.3) is 11.1 Å². The lowest BCUT2D eigenvalue weighted by atomic mass is 10.1. The Labute approximate surface area is 153 Å². The van der Waals surface area contributed by atoms with E-state index in [1.54, 1.807) is 6.92 Å². The van der Waals surface area contributed by atoms with Crippen LogP contribution in [0.5, 0.6) is 5.75 Å². The number of rotatable bonds is 6. The van der Waals surface area contributed by atoms with Crippen molar-refractivity contribution in [3.8, 4) is 16.9 Å². The second kappa shape index (κ2) is 8.04. The number of carbonyl (C=O) groups excluding carboxylic acids is 1. The van der Waals surface area contributed by atoms with Crippen molar-refractivity contribution in [2.45, 2.75) is 38.3 Å². The number of hydrogen-bond acceptors (Lipinski definition) is 3.